The highest BCUT2D eigenvalue weighted by Crippen LogP contribution is 2.20. The smallest absolute Gasteiger partial charge is 0.129 e. The lowest BCUT2D eigenvalue weighted by atomic mass is 9.94. The highest BCUT2D eigenvalue weighted by Gasteiger charge is 2.06. The maximum absolute atomic E-state index is 10.7. The second kappa shape index (κ2) is 32.0. The lowest BCUT2D eigenvalue weighted by Gasteiger charge is -2.12. The first-order valence-electron chi connectivity index (χ1n) is 18.7. The number of aliphatic hydroxyl groups is 1. The van der Waals surface area contributed by atoms with E-state index in [-0.39, 0.29) is 6.10 Å². The van der Waals surface area contributed by atoms with Gasteiger partial charge in [0.1, 0.15) is 5.78 Å². The second-order valence-electron chi connectivity index (χ2n) is 16.0. The summed E-state index contributed by atoms with van der Waals surface area (Å²) in [5.74, 6) is 6.38. The Morgan fingerprint density at radius 2 is 0.643 bits per heavy atom. The van der Waals surface area contributed by atoms with E-state index in [9.17, 15) is 4.79 Å². The van der Waals surface area contributed by atoms with Gasteiger partial charge < -0.3 is 9.90 Å². The molecule has 0 saturated heterocycles. The molecule has 0 aromatic heterocycles. The van der Waals surface area contributed by atoms with Gasteiger partial charge in [0.05, 0.1) is 6.10 Å². The first-order valence-corrected chi connectivity index (χ1v) is 18.7. The summed E-state index contributed by atoms with van der Waals surface area (Å²) < 4.78 is 0. The zero-order chi connectivity index (χ0) is 32.9. The molecule has 1 N–H and O–H groups in total. The van der Waals surface area contributed by atoms with E-state index in [1.165, 1.54) is 96.3 Å². The van der Waals surface area contributed by atoms with Crippen LogP contribution >= 0.6 is 0 Å². The first-order chi connectivity index (χ1) is 19.6. The molecule has 0 amide bonds. The number of hydrogen-bond donors (Lipinski definition) is 1. The van der Waals surface area contributed by atoms with Gasteiger partial charge in [-0.2, -0.15) is 0 Å². The molecule has 2 heteroatoms. The number of rotatable bonds is 24. The van der Waals surface area contributed by atoms with Crippen LogP contribution in [-0.2, 0) is 4.79 Å². The number of carbonyl (C=O) groups excluding carboxylic acids is 1. The number of Topliss-reactive ketones (excluding diaryl/α,β-unsaturated/α-hetero) is 1. The van der Waals surface area contributed by atoms with Gasteiger partial charge in [0, 0.05) is 6.42 Å². The minimum atomic E-state index is -0.113. The van der Waals surface area contributed by atoms with Gasteiger partial charge in [-0.1, -0.05) is 172 Å². The van der Waals surface area contributed by atoms with Crippen LogP contribution in [-0.4, -0.2) is 17.0 Å². The third kappa shape index (κ3) is 46.6. The van der Waals surface area contributed by atoms with Crippen LogP contribution < -0.4 is 0 Å². The van der Waals surface area contributed by atoms with Crippen LogP contribution in [0.4, 0.5) is 0 Å². The van der Waals surface area contributed by atoms with Crippen LogP contribution in [0.15, 0.2) is 0 Å². The molecule has 0 aromatic carbocycles. The van der Waals surface area contributed by atoms with Crippen LogP contribution in [0.1, 0.15) is 206 Å². The maximum Gasteiger partial charge on any atom is 0.129 e. The number of ketones is 1. The predicted molar refractivity (Wildman–Crippen MR) is 192 cm³/mol. The Morgan fingerprint density at radius 1 is 0.405 bits per heavy atom. The van der Waals surface area contributed by atoms with E-state index in [0.29, 0.717) is 5.78 Å². The van der Waals surface area contributed by atoms with Crippen LogP contribution in [0, 0.1) is 41.4 Å². The summed E-state index contributed by atoms with van der Waals surface area (Å²) in [4.78, 5) is 10.7. The maximum atomic E-state index is 10.7. The molecule has 0 saturated carbocycles. The molecular weight excluding hydrogens is 512 g/mol. The summed E-state index contributed by atoms with van der Waals surface area (Å²) in [5.41, 5.74) is 0. The molecule has 0 bridgehead atoms. The fourth-order valence-electron chi connectivity index (χ4n) is 5.39. The van der Waals surface area contributed by atoms with Gasteiger partial charge in [-0.25, -0.2) is 0 Å². The van der Waals surface area contributed by atoms with Crippen molar-refractivity contribution >= 4 is 5.78 Å². The van der Waals surface area contributed by atoms with Crippen LogP contribution in [0.3, 0.4) is 0 Å². The van der Waals surface area contributed by atoms with Gasteiger partial charge in [0.25, 0.3) is 0 Å². The molecule has 0 fully saturated rings. The summed E-state index contributed by atoms with van der Waals surface area (Å²) in [7, 11) is 0. The van der Waals surface area contributed by atoms with Crippen LogP contribution in [0.2, 0.25) is 0 Å². The molecule has 0 radical (unpaired) electrons. The third-order valence-electron chi connectivity index (χ3n) is 8.46. The summed E-state index contributed by atoms with van der Waals surface area (Å²) in [6, 6.07) is 0. The molecule has 0 spiro atoms. The fraction of sp³-hybridized carbons (Fsp3) is 0.975. The molecule has 0 aliphatic carbocycles. The summed E-state index contributed by atoms with van der Waals surface area (Å²) in [6.07, 6.45) is 23.1. The summed E-state index contributed by atoms with van der Waals surface area (Å²) in [6.45, 7) is 29.0. The predicted octanol–water partition coefficient (Wildman–Crippen LogP) is 13.5. The minimum absolute atomic E-state index is 0.113. The molecular formula is C40H84O2. The van der Waals surface area contributed by atoms with Crippen molar-refractivity contribution in [3.63, 3.8) is 0 Å². The Bertz CT molecular complexity index is 476. The van der Waals surface area contributed by atoms with E-state index >= 15 is 0 Å². The van der Waals surface area contributed by atoms with Gasteiger partial charge in [-0.3, -0.25) is 0 Å². The van der Waals surface area contributed by atoms with E-state index in [4.69, 9.17) is 5.11 Å². The van der Waals surface area contributed by atoms with Crippen molar-refractivity contribution < 1.29 is 9.90 Å². The van der Waals surface area contributed by atoms with Gasteiger partial charge in [-0.05, 0) is 68.1 Å². The van der Waals surface area contributed by atoms with Crippen molar-refractivity contribution in [2.75, 3.05) is 0 Å². The molecule has 2 nitrogen and oxygen atoms in total. The average Bonchev–Trinajstić information content (AvgIpc) is 2.83. The van der Waals surface area contributed by atoms with E-state index in [0.717, 1.165) is 60.7 Å². The van der Waals surface area contributed by atoms with Crippen molar-refractivity contribution in [1.29, 1.82) is 0 Å². The number of carbonyl (C=O) groups is 1. The Hall–Kier alpha value is -0.370. The van der Waals surface area contributed by atoms with E-state index in [1.807, 2.05) is 6.92 Å². The molecule has 3 atom stereocenters. The van der Waals surface area contributed by atoms with Crippen molar-refractivity contribution in [2.24, 2.45) is 41.4 Å². The largest absolute Gasteiger partial charge is 0.393 e. The van der Waals surface area contributed by atoms with Gasteiger partial charge >= 0.3 is 0 Å². The number of aliphatic hydroxyl groups excluding tert-OH is 1. The van der Waals surface area contributed by atoms with Crippen LogP contribution in [0.25, 0.3) is 0 Å². The standard InChI is InChI=1S/C14H30.C13H28O.C13H26O/c1-12(2)8-6-10-14(5)11-7-9-13(3)4;2*1-11(2)7-5-8-12(3)9-6-10-13(4)14/h12-14H,6-11H2,1-5H3;11-14H,5-10H2,1-4H3;11-12H,5-10H2,1-4H3. The molecule has 0 heterocycles. The lowest BCUT2D eigenvalue weighted by Crippen LogP contribution is -2.02. The summed E-state index contributed by atoms with van der Waals surface area (Å²) >= 11 is 0. The van der Waals surface area contributed by atoms with Gasteiger partial charge in [0.2, 0.25) is 0 Å². The second-order valence-corrected chi connectivity index (χ2v) is 16.0. The number of hydrogen-bond acceptors (Lipinski definition) is 2. The SMILES string of the molecule is CC(=O)CCCC(C)CCCC(C)C.CC(C)CCCC(C)CCCC(C)C.CC(C)CCCC(C)CCCC(C)O. The molecule has 0 aromatic rings. The lowest BCUT2D eigenvalue weighted by molar-refractivity contribution is -0.117. The van der Waals surface area contributed by atoms with Crippen molar-refractivity contribution in [2.45, 2.75) is 212 Å². The quantitative estimate of drug-likeness (QED) is 0.120. The zero-order valence-electron chi connectivity index (χ0n) is 31.7. The van der Waals surface area contributed by atoms with E-state index in [1.54, 1.807) is 6.92 Å². The van der Waals surface area contributed by atoms with Crippen molar-refractivity contribution in [1.82, 2.24) is 0 Å². The Kier molecular flexibility index (Phi) is 35.1. The molecule has 42 heavy (non-hydrogen) atoms. The van der Waals surface area contributed by atoms with Gasteiger partial charge in [-0.15, -0.1) is 0 Å². The zero-order valence-corrected chi connectivity index (χ0v) is 31.7. The third-order valence-corrected chi connectivity index (χ3v) is 8.46. The van der Waals surface area contributed by atoms with E-state index < -0.39 is 0 Å². The van der Waals surface area contributed by atoms with Crippen molar-refractivity contribution in [3.8, 4) is 0 Å². The summed E-state index contributed by atoms with van der Waals surface area (Å²) in [5, 5.41) is 9.11. The minimum Gasteiger partial charge on any atom is -0.393 e. The molecule has 0 aliphatic rings. The highest BCUT2D eigenvalue weighted by molar-refractivity contribution is 5.75. The topological polar surface area (TPSA) is 37.3 Å². The Morgan fingerprint density at radius 3 is 0.857 bits per heavy atom. The van der Waals surface area contributed by atoms with Gasteiger partial charge in [0.15, 0.2) is 0 Å². The van der Waals surface area contributed by atoms with Crippen molar-refractivity contribution in [3.05, 3.63) is 0 Å². The van der Waals surface area contributed by atoms with Crippen LogP contribution in [0.5, 0.6) is 0 Å². The molecule has 3 unspecified atom stereocenters. The molecule has 0 rings (SSSR count). The molecule has 256 valence electrons. The monoisotopic (exact) mass is 597 g/mol. The Labute approximate surface area is 268 Å². The molecule has 0 aliphatic heterocycles. The highest BCUT2D eigenvalue weighted by atomic mass is 16.3. The average molecular weight is 597 g/mol. The fourth-order valence-corrected chi connectivity index (χ4v) is 5.39. The van der Waals surface area contributed by atoms with E-state index in [2.05, 4.69) is 76.2 Å². The first kappa shape index (κ1) is 46.1. The Balaban J connectivity index is -0.000000543. The normalized spacial score (nSPS) is 13.7.